The molecule has 19 heavy (non-hydrogen) atoms. The van der Waals surface area contributed by atoms with Gasteiger partial charge in [-0.05, 0) is 38.9 Å². The molecule has 1 amide bonds. The van der Waals surface area contributed by atoms with E-state index in [4.69, 9.17) is 5.11 Å². The van der Waals surface area contributed by atoms with Crippen LogP contribution in [0.25, 0.3) is 0 Å². The number of hydrogen-bond acceptors (Lipinski definition) is 4. The van der Waals surface area contributed by atoms with Gasteiger partial charge < -0.3 is 20.3 Å². The lowest BCUT2D eigenvalue weighted by molar-refractivity contribution is 0.0684. The number of imidazole rings is 1. The van der Waals surface area contributed by atoms with E-state index in [9.17, 15) is 9.59 Å². The van der Waals surface area contributed by atoms with Crippen LogP contribution in [0.2, 0.25) is 0 Å². The number of nitrogens with zero attached hydrogens (tertiary/aromatic N) is 2. The summed E-state index contributed by atoms with van der Waals surface area (Å²) in [4.78, 5) is 31.2. The number of rotatable bonds is 4. The Morgan fingerprint density at radius 3 is 2.84 bits per heavy atom. The number of aromatic carboxylic acids is 1. The Balaban J connectivity index is 1.87. The molecule has 104 valence electrons. The van der Waals surface area contributed by atoms with Gasteiger partial charge in [0.05, 0.1) is 6.33 Å². The van der Waals surface area contributed by atoms with Crippen molar-refractivity contribution in [1.29, 1.82) is 0 Å². The van der Waals surface area contributed by atoms with Crippen molar-refractivity contribution in [1.82, 2.24) is 20.2 Å². The summed E-state index contributed by atoms with van der Waals surface area (Å²) in [5.74, 6) is -1.16. The van der Waals surface area contributed by atoms with Crippen molar-refractivity contribution in [2.24, 2.45) is 5.92 Å². The standard InChI is InChI=1S/C12H18N4O3/c1-16-4-2-8(3-5-16)6-13-11(17)9-10(12(18)19)15-7-14-9/h7-8H,2-6H2,1H3,(H,13,17)(H,14,15)(H,18,19). The minimum absolute atomic E-state index is 0.0552. The average molecular weight is 266 g/mol. The number of amides is 1. The van der Waals surface area contributed by atoms with Crippen LogP contribution in [0.4, 0.5) is 0 Å². The molecule has 0 radical (unpaired) electrons. The molecule has 1 aromatic heterocycles. The summed E-state index contributed by atoms with van der Waals surface area (Å²) in [6.07, 6.45) is 3.31. The second-order valence-corrected chi connectivity index (χ2v) is 4.89. The molecule has 2 heterocycles. The molecule has 1 fully saturated rings. The van der Waals surface area contributed by atoms with Gasteiger partial charge in [0.25, 0.3) is 5.91 Å². The van der Waals surface area contributed by atoms with Crippen molar-refractivity contribution in [3.63, 3.8) is 0 Å². The number of hydrogen-bond donors (Lipinski definition) is 3. The fourth-order valence-corrected chi connectivity index (χ4v) is 2.22. The van der Waals surface area contributed by atoms with E-state index < -0.39 is 11.9 Å². The predicted octanol–water partition coefficient (Wildman–Crippen LogP) is 0.180. The van der Waals surface area contributed by atoms with E-state index in [2.05, 4.69) is 27.2 Å². The van der Waals surface area contributed by atoms with Crippen molar-refractivity contribution in [3.05, 3.63) is 17.7 Å². The highest BCUT2D eigenvalue weighted by molar-refractivity contribution is 6.02. The lowest BCUT2D eigenvalue weighted by atomic mass is 9.97. The third-order valence-electron chi connectivity index (χ3n) is 3.46. The van der Waals surface area contributed by atoms with E-state index in [-0.39, 0.29) is 11.4 Å². The van der Waals surface area contributed by atoms with Crippen LogP contribution < -0.4 is 5.32 Å². The maximum Gasteiger partial charge on any atom is 0.354 e. The summed E-state index contributed by atoms with van der Waals surface area (Å²) in [5.41, 5.74) is -0.221. The topological polar surface area (TPSA) is 98.3 Å². The van der Waals surface area contributed by atoms with E-state index in [0.29, 0.717) is 12.5 Å². The molecule has 2 rings (SSSR count). The van der Waals surface area contributed by atoms with E-state index in [1.165, 1.54) is 6.33 Å². The first-order valence-corrected chi connectivity index (χ1v) is 6.31. The smallest absolute Gasteiger partial charge is 0.354 e. The molecule has 3 N–H and O–H groups in total. The Labute approximate surface area is 111 Å². The molecule has 7 nitrogen and oxygen atoms in total. The molecule has 1 aliphatic rings. The minimum atomic E-state index is -1.18. The van der Waals surface area contributed by atoms with Crippen molar-refractivity contribution >= 4 is 11.9 Å². The number of aromatic nitrogens is 2. The number of likely N-dealkylation sites (tertiary alicyclic amines) is 1. The van der Waals surface area contributed by atoms with Crippen LogP contribution in [-0.2, 0) is 0 Å². The van der Waals surface area contributed by atoms with E-state index in [1.54, 1.807) is 0 Å². The van der Waals surface area contributed by atoms with Gasteiger partial charge in [0.2, 0.25) is 0 Å². The van der Waals surface area contributed by atoms with Gasteiger partial charge in [0, 0.05) is 6.54 Å². The zero-order valence-corrected chi connectivity index (χ0v) is 10.8. The number of carboxylic acid groups (broad SMARTS) is 1. The first-order valence-electron chi connectivity index (χ1n) is 6.31. The van der Waals surface area contributed by atoms with Gasteiger partial charge in [-0.3, -0.25) is 4.79 Å². The average Bonchev–Trinajstić information content (AvgIpc) is 2.87. The quantitative estimate of drug-likeness (QED) is 0.722. The molecule has 0 unspecified atom stereocenters. The number of carbonyl (C=O) groups excluding carboxylic acids is 1. The van der Waals surface area contributed by atoms with Gasteiger partial charge in [0.15, 0.2) is 11.4 Å². The number of nitrogens with one attached hydrogen (secondary N) is 2. The fraction of sp³-hybridized carbons (Fsp3) is 0.583. The lowest BCUT2D eigenvalue weighted by Gasteiger charge is -2.28. The van der Waals surface area contributed by atoms with Gasteiger partial charge in [-0.2, -0.15) is 0 Å². The Bertz CT molecular complexity index is 463. The first-order chi connectivity index (χ1) is 9.08. The largest absolute Gasteiger partial charge is 0.477 e. The van der Waals surface area contributed by atoms with Crippen LogP contribution in [-0.4, -0.2) is 58.5 Å². The molecule has 0 aliphatic carbocycles. The van der Waals surface area contributed by atoms with Crippen LogP contribution in [0.3, 0.4) is 0 Å². The van der Waals surface area contributed by atoms with E-state index in [0.717, 1.165) is 25.9 Å². The molecule has 0 atom stereocenters. The third-order valence-corrected chi connectivity index (χ3v) is 3.46. The highest BCUT2D eigenvalue weighted by Gasteiger charge is 2.21. The van der Waals surface area contributed by atoms with Gasteiger partial charge in [0.1, 0.15) is 0 Å². The second-order valence-electron chi connectivity index (χ2n) is 4.89. The van der Waals surface area contributed by atoms with Gasteiger partial charge in [-0.15, -0.1) is 0 Å². The molecule has 0 spiro atoms. The molecule has 1 saturated heterocycles. The maximum atomic E-state index is 11.9. The monoisotopic (exact) mass is 266 g/mol. The van der Waals surface area contributed by atoms with Crippen molar-refractivity contribution in [2.45, 2.75) is 12.8 Å². The summed E-state index contributed by atoms with van der Waals surface area (Å²) in [6.45, 7) is 2.63. The number of H-pyrrole nitrogens is 1. The molecule has 0 aromatic carbocycles. The zero-order chi connectivity index (χ0) is 13.8. The van der Waals surface area contributed by atoms with Gasteiger partial charge in [-0.25, -0.2) is 9.78 Å². The number of carbonyl (C=O) groups is 2. The number of aromatic amines is 1. The summed E-state index contributed by atoms with van der Waals surface area (Å²) >= 11 is 0. The lowest BCUT2D eigenvalue weighted by Crippen LogP contribution is -2.37. The Hall–Kier alpha value is -1.89. The third kappa shape index (κ3) is 3.31. The molecule has 1 aliphatic heterocycles. The molecule has 0 saturated carbocycles. The van der Waals surface area contributed by atoms with Crippen LogP contribution in [0.15, 0.2) is 6.33 Å². The zero-order valence-electron chi connectivity index (χ0n) is 10.8. The van der Waals surface area contributed by atoms with Crippen molar-refractivity contribution in [2.75, 3.05) is 26.7 Å². The summed E-state index contributed by atoms with van der Waals surface area (Å²) < 4.78 is 0. The normalized spacial score (nSPS) is 17.3. The molecular formula is C12H18N4O3. The number of carboxylic acids is 1. The minimum Gasteiger partial charge on any atom is -0.477 e. The molecule has 0 bridgehead atoms. The van der Waals surface area contributed by atoms with Gasteiger partial charge >= 0.3 is 5.97 Å². The first kappa shape index (κ1) is 13.5. The summed E-state index contributed by atoms with van der Waals surface area (Å²) in [7, 11) is 2.08. The summed E-state index contributed by atoms with van der Waals surface area (Å²) in [6, 6.07) is 0. The highest BCUT2D eigenvalue weighted by Crippen LogP contribution is 2.15. The SMILES string of the molecule is CN1CCC(CNC(=O)c2nc[nH]c2C(=O)O)CC1. The van der Waals surface area contributed by atoms with Gasteiger partial charge in [-0.1, -0.05) is 0 Å². The summed E-state index contributed by atoms with van der Waals surface area (Å²) in [5, 5.41) is 11.7. The number of piperidine rings is 1. The fourth-order valence-electron chi connectivity index (χ4n) is 2.22. The molecular weight excluding hydrogens is 248 g/mol. The van der Waals surface area contributed by atoms with Crippen molar-refractivity contribution < 1.29 is 14.7 Å². The second kappa shape index (κ2) is 5.83. The van der Waals surface area contributed by atoms with Crippen LogP contribution >= 0.6 is 0 Å². The van der Waals surface area contributed by atoms with Crippen LogP contribution in [0, 0.1) is 5.92 Å². The predicted molar refractivity (Wildman–Crippen MR) is 68.1 cm³/mol. The molecule has 7 heteroatoms. The Kier molecular flexibility index (Phi) is 4.16. The van der Waals surface area contributed by atoms with E-state index >= 15 is 0 Å². The van der Waals surface area contributed by atoms with Crippen molar-refractivity contribution in [3.8, 4) is 0 Å². The van der Waals surface area contributed by atoms with Crippen LogP contribution in [0.5, 0.6) is 0 Å². The maximum absolute atomic E-state index is 11.9. The van der Waals surface area contributed by atoms with Crippen LogP contribution in [0.1, 0.15) is 33.8 Å². The Morgan fingerprint density at radius 1 is 1.53 bits per heavy atom. The highest BCUT2D eigenvalue weighted by atomic mass is 16.4. The Morgan fingerprint density at radius 2 is 2.21 bits per heavy atom. The molecule has 1 aromatic rings. The van der Waals surface area contributed by atoms with E-state index in [1.807, 2.05) is 0 Å².